The third-order valence-electron chi connectivity index (χ3n) is 4.04. The van der Waals surface area contributed by atoms with Crippen LogP contribution in [0.2, 0.25) is 10.0 Å². The molecule has 1 heterocycles. The Morgan fingerprint density at radius 1 is 1.11 bits per heavy atom. The van der Waals surface area contributed by atoms with Gasteiger partial charge < -0.3 is 14.6 Å². The van der Waals surface area contributed by atoms with Crippen molar-refractivity contribution in [1.29, 1.82) is 0 Å². The summed E-state index contributed by atoms with van der Waals surface area (Å²) in [6.45, 7) is 2.58. The molecular formula is C21H18Cl2N2O3. The van der Waals surface area contributed by atoms with Gasteiger partial charge in [0.2, 0.25) is 0 Å². The topological polar surface area (TPSA) is 60.3 Å². The molecule has 0 bridgehead atoms. The molecule has 1 aromatic heterocycles. The molecule has 0 fully saturated rings. The van der Waals surface area contributed by atoms with Crippen LogP contribution in [-0.4, -0.2) is 17.1 Å². The van der Waals surface area contributed by atoms with E-state index in [1.807, 2.05) is 19.1 Å². The molecular weight excluding hydrogens is 399 g/mol. The number of benzene rings is 2. The van der Waals surface area contributed by atoms with Crippen LogP contribution >= 0.6 is 23.2 Å². The van der Waals surface area contributed by atoms with Crippen LogP contribution in [-0.2, 0) is 6.54 Å². The second-order valence-electron chi connectivity index (χ2n) is 6.00. The summed E-state index contributed by atoms with van der Waals surface area (Å²) in [4.78, 5) is 24.9. The van der Waals surface area contributed by atoms with Crippen molar-refractivity contribution in [1.82, 2.24) is 4.57 Å². The molecule has 0 saturated heterocycles. The van der Waals surface area contributed by atoms with Gasteiger partial charge in [-0.3, -0.25) is 9.59 Å². The zero-order valence-corrected chi connectivity index (χ0v) is 16.6. The minimum absolute atomic E-state index is 0.228. The molecule has 0 unspecified atom stereocenters. The summed E-state index contributed by atoms with van der Waals surface area (Å²) >= 11 is 12.1. The zero-order valence-electron chi connectivity index (χ0n) is 15.1. The molecule has 1 N–H and O–H groups in total. The third kappa shape index (κ3) is 4.74. The summed E-state index contributed by atoms with van der Waals surface area (Å²) in [6, 6.07) is 15.1. The van der Waals surface area contributed by atoms with Gasteiger partial charge in [0.25, 0.3) is 11.5 Å². The summed E-state index contributed by atoms with van der Waals surface area (Å²) in [5, 5.41) is 3.79. The van der Waals surface area contributed by atoms with Gasteiger partial charge in [-0.05, 0) is 42.8 Å². The summed E-state index contributed by atoms with van der Waals surface area (Å²) in [5.41, 5.74) is 1.40. The first kappa shape index (κ1) is 20.0. The van der Waals surface area contributed by atoms with Gasteiger partial charge in [0.15, 0.2) is 0 Å². The largest absolute Gasteiger partial charge is 0.492 e. The number of rotatable bonds is 6. The third-order valence-corrected chi connectivity index (χ3v) is 4.62. The highest BCUT2D eigenvalue weighted by Crippen LogP contribution is 2.24. The van der Waals surface area contributed by atoms with Crippen LogP contribution in [0.3, 0.4) is 0 Å². The van der Waals surface area contributed by atoms with Gasteiger partial charge in [0, 0.05) is 22.3 Å². The van der Waals surface area contributed by atoms with Crippen LogP contribution in [0.25, 0.3) is 0 Å². The lowest BCUT2D eigenvalue weighted by atomic mass is 10.2. The van der Waals surface area contributed by atoms with Crippen molar-refractivity contribution in [2.24, 2.45) is 0 Å². The fourth-order valence-corrected chi connectivity index (χ4v) is 3.14. The van der Waals surface area contributed by atoms with E-state index in [2.05, 4.69) is 5.32 Å². The maximum absolute atomic E-state index is 12.7. The van der Waals surface area contributed by atoms with E-state index in [0.29, 0.717) is 33.7 Å². The summed E-state index contributed by atoms with van der Waals surface area (Å²) in [6.07, 6.45) is 1.51. The highest BCUT2D eigenvalue weighted by molar-refractivity contribution is 6.35. The average Bonchev–Trinajstić information content (AvgIpc) is 2.67. The van der Waals surface area contributed by atoms with Crippen molar-refractivity contribution in [2.75, 3.05) is 11.9 Å². The van der Waals surface area contributed by atoms with Crippen molar-refractivity contribution in [2.45, 2.75) is 13.5 Å². The zero-order chi connectivity index (χ0) is 20.1. The molecule has 0 saturated carbocycles. The second kappa shape index (κ2) is 8.95. The van der Waals surface area contributed by atoms with Crippen molar-refractivity contribution < 1.29 is 9.53 Å². The lowest BCUT2D eigenvalue weighted by Gasteiger charge is -2.13. The van der Waals surface area contributed by atoms with Gasteiger partial charge in [0.1, 0.15) is 5.75 Å². The molecule has 3 rings (SSSR count). The Labute approximate surface area is 172 Å². The smallest absolute Gasteiger partial charge is 0.257 e. The van der Waals surface area contributed by atoms with Gasteiger partial charge in [-0.1, -0.05) is 41.4 Å². The van der Waals surface area contributed by atoms with Gasteiger partial charge >= 0.3 is 0 Å². The molecule has 0 aliphatic heterocycles. The van der Waals surface area contributed by atoms with E-state index in [-0.39, 0.29) is 18.0 Å². The molecule has 0 radical (unpaired) electrons. The number of anilines is 1. The number of aromatic nitrogens is 1. The normalized spacial score (nSPS) is 10.5. The van der Waals surface area contributed by atoms with Gasteiger partial charge in [-0.15, -0.1) is 0 Å². The molecule has 0 atom stereocenters. The maximum Gasteiger partial charge on any atom is 0.257 e. The summed E-state index contributed by atoms with van der Waals surface area (Å²) in [5.74, 6) is 0.239. The van der Waals surface area contributed by atoms with Gasteiger partial charge in [-0.2, -0.15) is 0 Å². The Kier molecular flexibility index (Phi) is 6.39. The Hall–Kier alpha value is -2.76. The number of hydrogen-bond donors (Lipinski definition) is 1. The molecule has 0 aliphatic rings. The molecule has 0 aliphatic carbocycles. The van der Waals surface area contributed by atoms with E-state index < -0.39 is 0 Å². The number of pyridine rings is 1. The standard InChI is InChI=1S/C21H18Cl2N2O3/c1-2-28-19-6-4-3-5-18(19)24-21(27)15-8-10-20(26)25(13-15)12-14-7-9-16(22)11-17(14)23/h3-11,13H,2,12H2,1H3,(H,24,27). The van der Waals surface area contributed by atoms with E-state index in [1.165, 1.54) is 22.9 Å². The van der Waals surface area contributed by atoms with Crippen LogP contribution in [0.4, 0.5) is 5.69 Å². The van der Waals surface area contributed by atoms with Crippen LogP contribution in [0.1, 0.15) is 22.8 Å². The summed E-state index contributed by atoms with van der Waals surface area (Å²) < 4.78 is 6.95. The predicted molar refractivity (Wildman–Crippen MR) is 112 cm³/mol. The van der Waals surface area contributed by atoms with E-state index in [1.54, 1.807) is 30.3 Å². The molecule has 28 heavy (non-hydrogen) atoms. The van der Waals surface area contributed by atoms with E-state index in [9.17, 15) is 9.59 Å². The lowest BCUT2D eigenvalue weighted by Crippen LogP contribution is -2.22. The number of carbonyl (C=O) groups excluding carboxylic acids is 1. The minimum atomic E-state index is -0.344. The van der Waals surface area contributed by atoms with Crippen molar-refractivity contribution >= 4 is 34.8 Å². The number of para-hydroxylation sites is 2. The first-order valence-corrected chi connectivity index (χ1v) is 9.41. The van der Waals surface area contributed by atoms with Gasteiger partial charge in [-0.25, -0.2) is 0 Å². The highest BCUT2D eigenvalue weighted by atomic mass is 35.5. The quantitative estimate of drug-likeness (QED) is 0.624. The van der Waals surface area contributed by atoms with E-state index >= 15 is 0 Å². The van der Waals surface area contributed by atoms with E-state index in [4.69, 9.17) is 27.9 Å². The molecule has 3 aromatic rings. The fourth-order valence-electron chi connectivity index (χ4n) is 2.67. The number of nitrogens with zero attached hydrogens (tertiary/aromatic N) is 1. The van der Waals surface area contributed by atoms with Gasteiger partial charge in [0.05, 0.1) is 24.4 Å². The Morgan fingerprint density at radius 3 is 2.64 bits per heavy atom. The number of halogens is 2. The fraction of sp³-hybridized carbons (Fsp3) is 0.143. The number of ether oxygens (including phenoxy) is 1. The van der Waals surface area contributed by atoms with Crippen molar-refractivity contribution in [3.63, 3.8) is 0 Å². The molecule has 7 heteroatoms. The second-order valence-corrected chi connectivity index (χ2v) is 6.85. The molecule has 2 aromatic carbocycles. The Morgan fingerprint density at radius 2 is 1.89 bits per heavy atom. The van der Waals surface area contributed by atoms with Crippen LogP contribution in [0, 0.1) is 0 Å². The first-order valence-electron chi connectivity index (χ1n) is 8.65. The Balaban J connectivity index is 1.84. The Bertz CT molecular complexity index is 1060. The van der Waals surface area contributed by atoms with Crippen molar-refractivity contribution in [3.05, 3.63) is 92.3 Å². The number of amides is 1. The molecule has 0 spiro atoms. The number of hydrogen-bond acceptors (Lipinski definition) is 3. The molecule has 144 valence electrons. The van der Waals surface area contributed by atoms with E-state index in [0.717, 1.165) is 5.56 Å². The van der Waals surface area contributed by atoms with Crippen LogP contribution in [0.15, 0.2) is 65.6 Å². The predicted octanol–water partition coefficient (Wildman–Crippen LogP) is 4.85. The van der Waals surface area contributed by atoms with Crippen LogP contribution < -0.4 is 15.6 Å². The van der Waals surface area contributed by atoms with Crippen LogP contribution in [0.5, 0.6) is 5.75 Å². The number of nitrogens with one attached hydrogen (secondary N) is 1. The lowest BCUT2D eigenvalue weighted by molar-refractivity contribution is 0.102. The van der Waals surface area contributed by atoms with Crippen molar-refractivity contribution in [3.8, 4) is 5.75 Å². The highest BCUT2D eigenvalue weighted by Gasteiger charge is 2.12. The maximum atomic E-state index is 12.7. The monoisotopic (exact) mass is 416 g/mol. The molecule has 1 amide bonds. The molecule has 5 nitrogen and oxygen atoms in total. The summed E-state index contributed by atoms with van der Waals surface area (Å²) in [7, 11) is 0. The first-order chi connectivity index (χ1) is 13.5. The SMILES string of the molecule is CCOc1ccccc1NC(=O)c1ccc(=O)n(Cc2ccc(Cl)cc2Cl)c1. The average molecular weight is 417 g/mol. The minimum Gasteiger partial charge on any atom is -0.492 e. The number of carbonyl (C=O) groups is 1.